The van der Waals surface area contributed by atoms with E-state index in [0.29, 0.717) is 5.13 Å². The van der Waals surface area contributed by atoms with E-state index in [4.69, 9.17) is 5.73 Å². The molecule has 0 aliphatic carbocycles. The van der Waals surface area contributed by atoms with Gasteiger partial charge in [-0.1, -0.05) is 47.5 Å². The summed E-state index contributed by atoms with van der Waals surface area (Å²) in [6, 6.07) is 9.97. The van der Waals surface area contributed by atoms with Crippen molar-refractivity contribution in [2.75, 3.05) is 5.73 Å². The molecule has 100 valence electrons. The van der Waals surface area contributed by atoms with E-state index in [0.717, 1.165) is 16.6 Å². The lowest BCUT2D eigenvalue weighted by molar-refractivity contribution is 0.782. The number of aryl methyl sites for hydroxylation is 1. The van der Waals surface area contributed by atoms with Crippen molar-refractivity contribution in [3.05, 3.63) is 45.9 Å². The van der Waals surface area contributed by atoms with E-state index in [2.05, 4.69) is 27.8 Å². The zero-order valence-corrected chi connectivity index (χ0v) is 14.4. The highest BCUT2D eigenvalue weighted by Crippen LogP contribution is 2.12. The van der Waals surface area contributed by atoms with E-state index < -0.39 is 0 Å². The van der Waals surface area contributed by atoms with Gasteiger partial charge in [-0.2, -0.15) is 0 Å². The fourth-order valence-electron chi connectivity index (χ4n) is 1.21. The van der Waals surface area contributed by atoms with Crippen LogP contribution in [0.25, 0.3) is 0 Å². The summed E-state index contributed by atoms with van der Waals surface area (Å²) >= 11 is 4.83. The summed E-state index contributed by atoms with van der Waals surface area (Å²) in [6.45, 7) is 2.18. The minimum absolute atomic E-state index is 0. The van der Waals surface area contributed by atoms with Crippen molar-refractivity contribution < 1.29 is 0 Å². The summed E-state index contributed by atoms with van der Waals surface area (Å²) in [5, 5.41) is 2.72. The molecule has 5 heteroatoms. The summed E-state index contributed by atoms with van der Waals surface area (Å²) in [6.07, 6.45) is 3.50. The summed E-state index contributed by atoms with van der Waals surface area (Å²) < 4.78 is 1.13. The van der Waals surface area contributed by atoms with Crippen LogP contribution >= 0.6 is 44.2 Å². The molecule has 2 aromatic rings. The Balaban J connectivity index is 0.000000321. The van der Waals surface area contributed by atoms with Gasteiger partial charge in [0.15, 0.2) is 5.13 Å². The Kier molecular flexibility index (Phi) is 10.3. The molecule has 0 unspecified atom stereocenters. The number of unbranched alkanes of at least 4 members (excludes halogenated alkanes) is 1. The molecule has 1 aromatic heterocycles. The highest BCUT2D eigenvalue weighted by Gasteiger charge is 1.95. The second-order valence-corrected chi connectivity index (χ2v) is 5.38. The van der Waals surface area contributed by atoms with Gasteiger partial charge in [-0.15, -0.1) is 28.3 Å². The third-order valence-corrected chi connectivity index (χ3v) is 3.34. The van der Waals surface area contributed by atoms with Crippen LogP contribution in [0.2, 0.25) is 0 Å². The fourth-order valence-corrected chi connectivity index (χ4v) is 2.11. The summed E-state index contributed by atoms with van der Waals surface area (Å²) in [5.41, 5.74) is 6.60. The lowest BCUT2D eigenvalue weighted by atomic mass is 10.2. The first kappa shape index (κ1) is 17.6. The highest BCUT2D eigenvalue weighted by atomic mass is 79.9. The van der Waals surface area contributed by atoms with Crippen LogP contribution < -0.4 is 5.73 Å². The number of benzene rings is 1. The number of thiazole rings is 1. The Hall–Kier alpha value is -0.390. The molecular weight excluding hydrogens is 376 g/mol. The molecule has 0 aliphatic heterocycles. The van der Waals surface area contributed by atoms with E-state index >= 15 is 0 Å². The van der Waals surface area contributed by atoms with Crippen LogP contribution in [0.5, 0.6) is 0 Å². The van der Waals surface area contributed by atoms with Gasteiger partial charge in [-0.05, 0) is 25.0 Å². The number of nitrogens with zero attached hydrogens (tertiary/aromatic N) is 1. The molecule has 0 amide bonds. The smallest absolute Gasteiger partial charge is 0.180 e. The van der Waals surface area contributed by atoms with Gasteiger partial charge in [-0.3, -0.25) is 0 Å². The minimum atomic E-state index is 0. The number of hydrogen-bond donors (Lipinski definition) is 1. The number of nitrogens with two attached hydrogens (primary N) is 1. The summed E-state index contributed by atoms with van der Waals surface area (Å²) in [5.74, 6) is 0. The number of nitrogen functional groups attached to an aromatic ring is 1. The maximum absolute atomic E-state index is 5.46. The molecular formula is C13H18Br2N2S. The van der Waals surface area contributed by atoms with Gasteiger partial charge in [0, 0.05) is 9.85 Å². The van der Waals surface area contributed by atoms with Gasteiger partial charge in [0.05, 0.1) is 5.69 Å². The van der Waals surface area contributed by atoms with Crippen molar-refractivity contribution in [2.24, 2.45) is 0 Å². The van der Waals surface area contributed by atoms with Gasteiger partial charge in [0.2, 0.25) is 0 Å². The van der Waals surface area contributed by atoms with Gasteiger partial charge in [-0.25, -0.2) is 4.98 Å². The molecule has 0 saturated carbocycles. The molecule has 0 fully saturated rings. The fraction of sp³-hybridized carbons (Fsp3) is 0.308. The van der Waals surface area contributed by atoms with E-state index in [-0.39, 0.29) is 17.0 Å². The number of rotatable bonds is 3. The predicted octanol–water partition coefficient (Wildman–Crippen LogP) is 5.09. The quantitative estimate of drug-likeness (QED) is 0.788. The van der Waals surface area contributed by atoms with Crippen molar-refractivity contribution in [1.29, 1.82) is 0 Å². The average molecular weight is 394 g/mol. The number of aromatic nitrogens is 1. The van der Waals surface area contributed by atoms with Crippen molar-refractivity contribution in [3.8, 4) is 0 Å². The van der Waals surface area contributed by atoms with Crippen LogP contribution in [0.3, 0.4) is 0 Å². The molecule has 0 bridgehead atoms. The Labute approximate surface area is 132 Å². The first-order chi connectivity index (χ1) is 8.22. The Morgan fingerprint density at radius 3 is 2.33 bits per heavy atom. The molecule has 1 aromatic carbocycles. The van der Waals surface area contributed by atoms with Gasteiger partial charge >= 0.3 is 0 Å². The molecule has 2 N–H and O–H groups in total. The lowest BCUT2D eigenvalue weighted by Crippen LogP contribution is -1.86. The Morgan fingerprint density at radius 1 is 1.28 bits per heavy atom. The first-order valence-corrected chi connectivity index (χ1v) is 7.30. The van der Waals surface area contributed by atoms with E-state index in [1.807, 2.05) is 35.7 Å². The Morgan fingerprint density at radius 2 is 1.94 bits per heavy atom. The second kappa shape index (κ2) is 10.5. The molecule has 0 radical (unpaired) electrons. The molecule has 2 rings (SSSR count). The standard InChI is InChI=1S/C7H12N2S.C6H5Br.BrH/c1-2-3-4-6-5-10-7(8)9-6;7-6-4-2-1-3-5-6;/h5H,2-4H2,1H3,(H2,8,9);1-5H;1H. The normalized spacial score (nSPS) is 9.00. The van der Waals surface area contributed by atoms with E-state index in [1.54, 1.807) is 0 Å². The van der Waals surface area contributed by atoms with Crippen molar-refractivity contribution >= 4 is 49.4 Å². The number of halogens is 2. The molecule has 18 heavy (non-hydrogen) atoms. The topological polar surface area (TPSA) is 38.9 Å². The largest absolute Gasteiger partial charge is 0.375 e. The van der Waals surface area contributed by atoms with Crippen LogP contribution in [0.4, 0.5) is 5.13 Å². The first-order valence-electron chi connectivity index (χ1n) is 5.62. The second-order valence-electron chi connectivity index (χ2n) is 3.58. The Bertz CT molecular complexity index is 418. The summed E-state index contributed by atoms with van der Waals surface area (Å²) in [7, 11) is 0. The van der Waals surface area contributed by atoms with Crippen molar-refractivity contribution in [3.63, 3.8) is 0 Å². The molecule has 1 heterocycles. The van der Waals surface area contributed by atoms with Gasteiger partial charge < -0.3 is 5.73 Å². The summed E-state index contributed by atoms with van der Waals surface area (Å²) in [4.78, 5) is 4.14. The zero-order chi connectivity index (χ0) is 12.5. The maximum Gasteiger partial charge on any atom is 0.180 e. The SMILES string of the molecule is Br.Brc1ccccc1.CCCCc1csc(N)n1. The number of anilines is 1. The van der Waals surface area contributed by atoms with Crippen LogP contribution in [0.15, 0.2) is 40.2 Å². The maximum atomic E-state index is 5.46. The van der Waals surface area contributed by atoms with Crippen LogP contribution in [-0.2, 0) is 6.42 Å². The monoisotopic (exact) mass is 392 g/mol. The molecule has 0 aliphatic rings. The van der Waals surface area contributed by atoms with Crippen LogP contribution in [-0.4, -0.2) is 4.98 Å². The zero-order valence-electron chi connectivity index (χ0n) is 10.3. The van der Waals surface area contributed by atoms with Gasteiger partial charge in [0.1, 0.15) is 0 Å². The number of hydrogen-bond acceptors (Lipinski definition) is 3. The van der Waals surface area contributed by atoms with Crippen LogP contribution in [0.1, 0.15) is 25.5 Å². The molecule has 0 saturated heterocycles. The van der Waals surface area contributed by atoms with Crippen LogP contribution in [0, 0.1) is 0 Å². The third kappa shape index (κ3) is 7.84. The molecule has 0 spiro atoms. The highest BCUT2D eigenvalue weighted by molar-refractivity contribution is 9.10. The molecule has 0 atom stereocenters. The minimum Gasteiger partial charge on any atom is -0.375 e. The molecule has 2 nitrogen and oxygen atoms in total. The van der Waals surface area contributed by atoms with Crippen molar-refractivity contribution in [1.82, 2.24) is 4.98 Å². The van der Waals surface area contributed by atoms with E-state index in [9.17, 15) is 0 Å². The van der Waals surface area contributed by atoms with E-state index in [1.165, 1.54) is 24.2 Å². The average Bonchev–Trinajstić information content (AvgIpc) is 2.74. The lowest BCUT2D eigenvalue weighted by Gasteiger charge is -1.90. The predicted molar refractivity (Wildman–Crippen MR) is 89.6 cm³/mol. The third-order valence-electron chi connectivity index (χ3n) is 2.09. The van der Waals surface area contributed by atoms with Crippen molar-refractivity contribution in [2.45, 2.75) is 26.2 Å². The van der Waals surface area contributed by atoms with Gasteiger partial charge in [0.25, 0.3) is 0 Å².